The van der Waals surface area contributed by atoms with E-state index in [9.17, 15) is 14.4 Å². The molecule has 1 aromatic rings. The number of likely N-dealkylation sites (tertiary alicyclic amines) is 1. The Morgan fingerprint density at radius 3 is 2.60 bits per heavy atom. The lowest BCUT2D eigenvalue weighted by molar-refractivity contribution is -0.127. The van der Waals surface area contributed by atoms with Crippen LogP contribution in [0.3, 0.4) is 0 Å². The van der Waals surface area contributed by atoms with Gasteiger partial charge >= 0.3 is 6.03 Å². The highest BCUT2D eigenvalue weighted by atomic mass is 16.2. The van der Waals surface area contributed by atoms with E-state index in [2.05, 4.69) is 46.0 Å². The lowest BCUT2D eigenvalue weighted by Crippen LogP contribution is -2.46. The fourth-order valence-corrected chi connectivity index (χ4v) is 3.34. The van der Waals surface area contributed by atoms with Crippen LogP contribution in [0.15, 0.2) is 24.3 Å². The third kappa shape index (κ3) is 4.57. The van der Waals surface area contributed by atoms with E-state index < -0.39 is 18.0 Å². The van der Waals surface area contributed by atoms with Gasteiger partial charge in [-0.1, -0.05) is 24.3 Å². The molecule has 1 aromatic carbocycles. The smallest absolute Gasteiger partial charge is 0.322 e. The molecule has 3 N–H and O–H groups in total. The number of carbonyl (C=O) groups excluding carboxylic acids is 3. The minimum Gasteiger partial charge on any atom is -0.353 e. The lowest BCUT2D eigenvalue weighted by Gasteiger charge is -2.32. The van der Waals surface area contributed by atoms with Crippen LogP contribution in [0.25, 0.3) is 0 Å². The molecule has 134 valence electrons. The number of hydrogen-bond donors (Lipinski definition) is 3. The molecule has 1 unspecified atom stereocenters. The predicted octanol–water partition coefficient (Wildman–Crippen LogP) is 0.674. The van der Waals surface area contributed by atoms with Crippen LogP contribution in [-0.4, -0.2) is 47.9 Å². The van der Waals surface area contributed by atoms with Gasteiger partial charge in [0, 0.05) is 25.7 Å². The standard InChI is InChI=1S/C18H24N4O3/c1-12-4-2-3-5-13(12)11-22-8-6-14(7-9-22)19-16(23)10-15-17(24)21-18(25)20-15/h2-5,14-15H,6-11H2,1H3,(H,19,23)(H2,20,21,24,25). The fraction of sp³-hybridized carbons (Fsp3) is 0.500. The van der Waals surface area contributed by atoms with Crippen LogP contribution in [0.5, 0.6) is 0 Å². The minimum absolute atomic E-state index is 0.0129. The topological polar surface area (TPSA) is 90.5 Å². The number of nitrogens with zero attached hydrogens (tertiary/aromatic N) is 1. The number of urea groups is 1. The zero-order valence-electron chi connectivity index (χ0n) is 14.4. The first-order valence-electron chi connectivity index (χ1n) is 8.69. The van der Waals surface area contributed by atoms with Crippen LogP contribution in [-0.2, 0) is 16.1 Å². The molecule has 4 amide bonds. The molecular formula is C18H24N4O3. The Balaban J connectivity index is 1.42. The molecular weight excluding hydrogens is 320 g/mol. The minimum atomic E-state index is -0.756. The molecule has 2 aliphatic heterocycles. The summed E-state index contributed by atoms with van der Waals surface area (Å²) >= 11 is 0. The number of rotatable bonds is 5. The molecule has 25 heavy (non-hydrogen) atoms. The molecule has 1 atom stereocenters. The second-order valence-corrected chi connectivity index (χ2v) is 6.76. The largest absolute Gasteiger partial charge is 0.353 e. The molecule has 0 radical (unpaired) electrons. The fourth-order valence-electron chi connectivity index (χ4n) is 3.34. The number of benzene rings is 1. The van der Waals surface area contributed by atoms with Gasteiger partial charge in [0.05, 0.1) is 6.42 Å². The van der Waals surface area contributed by atoms with Crippen LogP contribution in [0.1, 0.15) is 30.4 Å². The van der Waals surface area contributed by atoms with Crippen molar-refractivity contribution in [2.24, 2.45) is 0 Å². The molecule has 2 aliphatic rings. The maximum atomic E-state index is 12.1. The monoisotopic (exact) mass is 344 g/mol. The first kappa shape index (κ1) is 17.4. The van der Waals surface area contributed by atoms with Gasteiger partial charge in [0.25, 0.3) is 5.91 Å². The van der Waals surface area contributed by atoms with Crippen LogP contribution < -0.4 is 16.0 Å². The molecule has 7 nitrogen and oxygen atoms in total. The SMILES string of the molecule is Cc1ccccc1CN1CCC(NC(=O)CC2NC(=O)NC2=O)CC1. The van der Waals surface area contributed by atoms with Crippen molar-refractivity contribution in [3.05, 3.63) is 35.4 Å². The van der Waals surface area contributed by atoms with E-state index >= 15 is 0 Å². The molecule has 0 aromatic heterocycles. The van der Waals surface area contributed by atoms with E-state index in [0.717, 1.165) is 32.5 Å². The number of nitrogens with one attached hydrogen (secondary N) is 3. The summed E-state index contributed by atoms with van der Waals surface area (Å²) in [5.41, 5.74) is 2.64. The zero-order chi connectivity index (χ0) is 17.8. The van der Waals surface area contributed by atoms with Crippen LogP contribution in [0.4, 0.5) is 4.79 Å². The van der Waals surface area contributed by atoms with Gasteiger partial charge in [-0.05, 0) is 30.9 Å². The van der Waals surface area contributed by atoms with E-state index in [-0.39, 0.29) is 18.4 Å². The van der Waals surface area contributed by atoms with Gasteiger partial charge in [0.15, 0.2) is 0 Å². The number of aryl methyl sites for hydroxylation is 1. The Kier molecular flexibility index (Phi) is 5.33. The average Bonchev–Trinajstić information content (AvgIpc) is 2.88. The van der Waals surface area contributed by atoms with Gasteiger partial charge in [0.1, 0.15) is 6.04 Å². The average molecular weight is 344 g/mol. The van der Waals surface area contributed by atoms with Gasteiger partial charge in [-0.15, -0.1) is 0 Å². The summed E-state index contributed by atoms with van der Waals surface area (Å²) in [6.45, 7) is 4.92. The zero-order valence-corrected chi connectivity index (χ0v) is 14.4. The molecule has 2 heterocycles. The van der Waals surface area contributed by atoms with Crippen molar-refractivity contribution in [3.8, 4) is 0 Å². The highest BCUT2D eigenvalue weighted by Crippen LogP contribution is 2.16. The van der Waals surface area contributed by atoms with Crippen LogP contribution in [0.2, 0.25) is 0 Å². The lowest BCUT2D eigenvalue weighted by atomic mass is 10.0. The predicted molar refractivity (Wildman–Crippen MR) is 92.7 cm³/mol. The molecule has 2 saturated heterocycles. The van der Waals surface area contributed by atoms with E-state index in [1.165, 1.54) is 11.1 Å². The maximum absolute atomic E-state index is 12.1. The molecule has 7 heteroatoms. The quantitative estimate of drug-likeness (QED) is 0.685. The molecule has 0 aliphatic carbocycles. The van der Waals surface area contributed by atoms with Gasteiger partial charge in [0.2, 0.25) is 5.91 Å². The van der Waals surface area contributed by atoms with E-state index in [0.29, 0.717) is 0 Å². The summed E-state index contributed by atoms with van der Waals surface area (Å²) in [6.07, 6.45) is 1.77. The second-order valence-electron chi connectivity index (χ2n) is 6.76. The number of hydrogen-bond acceptors (Lipinski definition) is 4. The summed E-state index contributed by atoms with van der Waals surface area (Å²) in [5, 5.41) is 7.56. The second kappa shape index (κ2) is 7.65. The van der Waals surface area contributed by atoms with E-state index in [4.69, 9.17) is 0 Å². The third-order valence-corrected chi connectivity index (χ3v) is 4.86. The van der Waals surface area contributed by atoms with Crippen molar-refractivity contribution >= 4 is 17.8 Å². The van der Waals surface area contributed by atoms with Gasteiger partial charge in [-0.25, -0.2) is 4.79 Å². The van der Waals surface area contributed by atoms with Crippen LogP contribution in [0, 0.1) is 6.92 Å². The molecule has 3 rings (SSSR count). The first-order valence-corrected chi connectivity index (χ1v) is 8.69. The van der Waals surface area contributed by atoms with Gasteiger partial charge in [-0.2, -0.15) is 0 Å². The normalized spacial score (nSPS) is 21.7. The highest BCUT2D eigenvalue weighted by molar-refractivity contribution is 6.05. The Hall–Kier alpha value is -2.41. The third-order valence-electron chi connectivity index (χ3n) is 4.86. The van der Waals surface area contributed by atoms with Crippen molar-refractivity contribution in [1.82, 2.24) is 20.9 Å². The van der Waals surface area contributed by atoms with E-state index in [1.54, 1.807) is 0 Å². The van der Waals surface area contributed by atoms with Crippen molar-refractivity contribution in [2.75, 3.05) is 13.1 Å². The molecule has 0 spiro atoms. The van der Waals surface area contributed by atoms with E-state index in [1.807, 2.05) is 6.07 Å². The Morgan fingerprint density at radius 2 is 1.96 bits per heavy atom. The Labute approximate surface area is 147 Å². The summed E-state index contributed by atoms with van der Waals surface area (Å²) < 4.78 is 0. The summed E-state index contributed by atoms with van der Waals surface area (Å²) in [7, 11) is 0. The first-order chi connectivity index (χ1) is 12.0. The van der Waals surface area contributed by atoms with Crippen molar-refractivity contribution in [1.29, 1.82) is 0 Å². The van der Waals surface area contributed by atoms with Crippen LogP contribution >= 0.6 is 0 Å². The maximum Gasteiger partial charge on any atom is 0.322 e. The Morgan fingerprint density at radius 1 is 1.24 bits per heavy atom. The van der Waals surface area contributed by atoms with Crippen molar-refractivity contribution < 1.29 is 14.4 Å². The molecule has 0 saturated carbocycles. The summed E-state index contributed by atoms with van der Waals surface area (Å²) in [4.78, 5) is 37.0. The summed E-state index contributed by atoms with van der Waals surface area (Å²) in [5.74, 6) is -0.632. The van der Waals surface area contributed by atoms with Gasteiger partial charge in [-0.3, -0.25) is 19.8 Å². The van der Waals surface area contributed by atoms with Gasteiger partial charge < -0.3 is 10.6 Å². The molecule has 2 fully saturated rings. The number of piperidine rings is 1. The number of carbonyl (C=O) groups is 3. The van der Waals surface area contributed by atoms with Crippen molar-refractivity contribution in [2.45, 2.75) is 44.8 Å². The van der Waals surface area contributed by atoms with Crippen molar-refractivity contribution in [3.63, 3.8) is 0 Å². The Bertz CT molecular complexity index is 668. The summed E-state index contributed by atoms with van der Waals surface area (Å²) in [6, 6.07) is 7.23. The highest BCUT2D eigenvalue weighted by Gasteiger charge is 2.32. The molecule has 0 bridgehead atoms. The number of amides is 4. The number of imide groups is 1.